The molecule has 2 nitrogen and oxygen atoms in total. The Balaban J connectivity index is 1.54. The molecule has 5 heteroatoms. The second kappa shape index (κ2) is 7.96. The van der Waals surface area contributed by atoms with Gasteiger partial charge in [-0.15, -0.1) is 0 Å². The van der Waals surface area contributed by atoms with E-state index in [1.54, 1.807) is 0 Å². The van der Waals surface area contributed by atoms with E-state index in [-0.39, 0.29) is 12.6 Å². The van der Waals surface area contributed by atoms with Gasteiger partial charge in [-0.25, -0.2) is 4.39 Å². The molecule has 1 aliphatic carbocycles. The zero-order chi connectivity index (χ0) is 19.0. The Morgan fingerprint density at radius 2 is 1.96 bits per heavy atom. The molecule has 2 aromatic rings. The van der Waals surface area contributed by atoms with E-state index in [4.69, 9.17) is 4.74 Å². The molecule has 1 aliphatic heterocycles. The number of anilines is 1. The van der Waals surface area contributed by atoms with Crippen molar-refractivity contribution in [3.05, 3.63) is 69.1 Å². The van der Waals surface area contributed by atoms with Gasteiger partial charge < -0.3 is 9.64 Å². The van der Waals surface area contributed by atoms with Gasteiger partial charge in [0.1, 0.15) is 12.4 Å². The average Bonchev–Trinajstić information content (AvgIpc) is 2.94. The molecule has 4 rings (SSSR count). The van der Waals surface area contributed by atoms with Gasteiger partial charge in [-0.2, -0.15) is 0 Å². The van der Waals surface area contributed by atoms with Gasteiger partial charge in [0, 0.05) is 22.1 Å². The Morgan fingerprint density at radius 3 is 2.74 bits per heavy atom. The van der Waals surface area contributed by atoms with Crippen LogP contribution in [-0.4, -0.2) is 25.4 Å². The van der Waals surface area contributed by atoms with Crippen LogP contribution in [0.2, 0.25) is 0 Å². The highest BCUT2D eigenvalue weighted by molar-refractivity contribution is 9.11. The van der Waals surface area contributed by atoms with Crippen LogP contribution >= 0.6 is 31.9 Å². The van der Waals surface area contributed by atoms with E-state index in [0.717, 1.165) is 16.6 Å². The van der Waals surface area contributed by atoms with Crippen molar-refractivity contribution in [2.75, 3.05) is 18.1 Å². The molecule has 0 fully saturated rings. The van der Waals surface area contributed by atoms with Gasteiger partial charge in [0.15, 0.2) is 6.17 Å². The second-order valence-electron chi connectivity index (χ2n) is 7.35. The molecule has 0 saturated carbocycles. The van der Waals surface area contributed by atoms with Gasteiger partial charge in [-0.3, -0.25) is 0 Å². The Hall–Kier alpha value is -1.33. The third-order valence-corrected chi connectivity index (χ3v) is 6.52. The molecule has 0 aromatic heterocycles. The molecule has 0 bridgehead atoms. The van der Waals surface area contributed by atoms with E-state index >= 15 is 0 Å². The molecule has 142 valence electrons. The lowest BCUT2D eigenvalue weighted by Gasteiger charge is -2.37. The highest BCUT2D eigenvalue weighted by Gasteiger charge is 2.43. The summed E-state index contributed by atoms with van der Waals surface area (Å²) in [6, 6.07) is 16.1. The van der Waals surface area contributed by atoms with Gasteiger partial charge in [0.05, 0.1) is 6.54 Å². The van der Waals surface area contributed by atoms with E-state index in [9.17, 15) is 4.39 Å². The Kier molecular flexibility index (Phi) is 5.60. The summed E-state index contributed by atoms with van der Waals surface area (Å²) in [5, 5.41) is 0. The topological polar surface area (TPSA) is 12.5 Å². The Morgan fingerprint density at radius 1 is 1.19 bits per heavy atom. The number of hydrogen-bond acceptors (Lipinski definition) is 2. The van der Waals surface area contributed by atoms with Crippen LogP contribution in [0.3, 0.4) is 0 Å². The fraction of sp³-hybridized carbons (Fsp3) is 0.364. The summed E-state index contributed by atoms with van der Waals surface area (Å²) >= 11 is 7.29. The Labute approximate surface area is 176 Å². The molecule has 1 heterocycles. The number of ether oxygens (including phenoxy) is 1. The average molecular weight is 495 g/mol. The number of fused-ring (bicyclic) bond motifs is 3. The standard InChI is InChI=1S/C22H22Br2FNO/c1-14-9-16(24)11-20-19-10-15(23)7-8-21(19)26(22(14)20)12-17(25)13-27-18-5-3-2-4-6-18/h2-10,14,17,20,22H,11-13H2,1H3. The van der Waals surface area contributed by atoms with Crippen molar-refractivity contribution in [2.45, 2.75) is 31.5 Å². The van der Waals surface area contributed by atoms with E-state index < -0.39 is 6.17 Å². The van der Waals surface area contributed by atoms with Crippen molar-refractivity contribution in [3.63, 3.8) is 0 Å². The first-order chi connectivity index (χ1) is 13.0. The monoisotopic (exact) mass is 493 g/mol. The number of para-hydroxylation sites is 1. The quantitative estimate of drug-likeness (QED) is 0.473. The molecular formula is C22H22Br2FNO. The number of nitrogens with zero attached hydrogens (tertiary/aromatic N) is 1. The van der Waals surface area contributed by atoms with Crippen LogP contribution in [0.5, 0.6) is 5.75 Å². The highest BCUT2D eigenvalue weighted by Crippen LogP contribution is 2.51. The first kappa shape index (κ1) is 19.0. The zero-order valence-corrected chi connectivity index (χ0v) is 18.3. The van der Waals surface area contributed by atoms with Gasteiger partial charge in [-0.1, -0.05) is 63.1 Å². The highest BCUT2D eigenvalue weighted by atomic mass is 79.9. The molecule has 4 atom stereocenters. The predicted molar refractivity (Wildman–Crippen MR) is 116 cm³/mol. The van der Waals surface area contributed by atoms with Crippen LogP contribution in [0.15, 0.2) is 63.6 Å². The fourth-order valence-corrected chi connectivity index (χ4v) is 5.52. The summed E-state index contributed by atoms with van der Waals surface area (Å²) < 4.78 is 22.8. The van der Waals surface area contributed by atoms with E-state index in [1.807, 2.05) is 36.4 Å². The van der Waals surface area contributed by atoms with Crippen LogP contribution < -0.4 is 9.64 Å². The summed E-state index contributed by atoms with van der Waals surface area (Å²) in [5.41, 5.74) is 2.46. The number of halogens is 3. The maximum atomic E-state index is 14.9. The first-order valence-corrected chi connectivity index (χ1v) is 10.9. The smallest absolute Gasteiger partial charge is 0.151 e. The molecular weight excluding hydrogens is 473 g/mol. The fourth-order valence-electron chi connectivity index (χ4n) is 4.38. The van der Waals surface area contributed by atoms with Crippen LogP contribution in [0.1, 0.15) is 24.8 Å². The summed E-state index contributed by atoms with van der Waals surface area (Å²) in [7, 11) is 0. The summed E-state index contributed by atoms with van der Waals surface area (Å²) in [4.78, 5) is 2.26. The lowest BCUT2D eigenvalue weighted by atomic mass is 9.80. The lowest BCUT2D eigenvalue weighted by molar-refractivity contribution is 0.194. The molecule has 0 radical (unpaired) electrons. The van der Waals surface area contributed by atoms with Crippen molar-refractivity contribution < 1.29 is 9.13 Å². The molecule has 4 unspecified atom stereocenters. The maximum Gasteiger partial charge on any atom is 0.151 e. The number of hydrogen-bond donors (Lipinski definition) is 0. The molecule has 0 saturated heterocycles. The summed E-state index contributed by atoms with van der Waals surface area (Å²) in [6.45, 7) is 2.63. The molecule has 0 amide bonds. The van der Waals surface area contributed by atoms with Gasteiger partial charge in [0.25, 0.3) is 0 Å². The minimum atomic E-state index is -1.05. The third kappa shape index (κ3) is 3.95. The van der Waals surface area contributed by atoms with Crippen molar-refractivity contribution in [3.8, 4) is 5.75 Å². The van der Waals surface area contributed by atoms with Crippen LogP contribution in [0.25, 0.3) is 0 Å². The number of allylic oxidation sites excluding steroid dienone is 1. The Bertz CT molecular complexity index is 841. The number of benzene rings is 2. The molecule has 0 N–H and O–H groups in total. The normalized spacial score (nSPS) is 24.8. The SMILES string of the molecule is CC1C=C(Br)CC2c3cc(Br)ccc3N(CC(F)COc3ccccc3)C12. The summed E-state index contributed by atoms with van der Waals surface area (Å²) in [6.07, 6.45) is 2.18. The van der Waals surface area contributed by atoms with Crippen molar-refractivity contribution in [2.24, 2.45) is 5.92 Å². The van der Waals surface area contributed by atoms with E-state index in [0.29, 0.717) is 24.1 Å². The van der Waals surface area contributed by atoms with Crippen molar-refractivity contribution in [1.82, 2.24) is 0 Å². The molecule has 2 aromatic carbocycles. The van der Waals surface area contributed by atoms with Crippen LogP contribution in [0, 0.1) is 5.92 Å². The molecule has 0 spiro atoms. The van der Waals surface area contributed by atoms with E-state index in [1.165, 1.54) is 10.0 Å². The largest absolute Gasteiger partial charge is 0.490 e. The van der Waals surface area contributed by atoms with Crippen molar-refractivity contribution in [1.29, 1.82) is 0 Å². The number of alkyl halides is 1. The minimum Gasteiger partial charge on any atom is -0.490 e. The molecule has 2 aliphatic rings. The minimum absolute atomic E-state index is 0.0671. The third-order valence-electron chi connectivity index (χ3n) is 5.44. The maximum absolute atomic E-state index is 14.9. The van der Waals surface area contributed by atoms with Gasteiger partial charge in [-0.05, 0) is 52.7 Å². The predicted octanol–water partition coefficient (Wildman–Crippen LogP) is 6.46. The second-order valence-corrected chi connectivity index (χ2v) is 9.28. The first-order valence-electron chi connectivity index (χ1n) is 9.27. The van der Waals surface area contributed by atoms with Crippen LogP contribution in [0.4, 0.5) is 10.1 Å². The van der Waals surface area contributed by atoms with Crippen molar-refractivity contribution >= 4 is 37.5 Å². The summed E-state index contributed by atoms with van der Waals surface area (Å²) in [5.74, 6) is 1.45. The lowest BCUT2D eigenvalue weighted by Crippen LogP contribution is -2.44. The van der Waals surface area contributed by atoms with Gasteiger partial charge >= 0.3 is 0 Å². The van der Waals surface area contributed by atoms with Gasteiger partial charge in [0.2, 0.25) is 0 Å². The molecule has 27 heavy (non-hydrogen) atoms. The number of rotatable bonds is 5. The zero-order valence-electron chi connectivity index (χ0n) is 15.1. The van der Waals surface area contributed by atoms with E-state index in [2.05, 4.69) is 61.9 Å². The van der Waals surface area contributed by atoms with Crippen LogP contribution in [-0.2, 0) is 0 Å².